The van der Waals surface area contributed by atoms with E-state index in [0.717, 1.165) is 74.5 Å². The van der Waals surface area contributed by atoms with Crippen LogP contribution in [0.1, 0.15) is 166 Å². The molecular formula is C48H72O3. The summed E-state index contributed by atoms with van der Waals surface area (Å²) in [4.78, 5) is 0. The highest BCUT2D eigenvalue weighted by Crippen LogP contribution is 2.48. The second-order valence-corrected chi connectivity index (χ2v) is 15.1. The predicted molar refractivity (Wildman–Crippen MR) is 218 cm³/mol. The van der Waals surface area contributed by atoms with Crippen LogP contribution in [0.25, 0.3) is 0 Å². The Labute approximate surface area is 312 Å². The van der Waals surface area contributed by atoms with Gasteiger partial charge in [0.15, 0.2) is 0 Å². The third kappa shape index (κ3) is 12.7. The van der Waals surface area contributed by atoms with Crippen LogP contribution in [0.5, 0.6) is 0 Å². The molecule has 0 heterocycles. The second-order valence-electron chi connectivity index (χ2n) is 15.1. The van der Waals surface area contributed by atoms with Crippen molar-refractivity contribution in [2.45, 2.75) is 172 Å². The van der Waals surface area contributed by atoms with Crippen LogP contribution in [0.3, 0.4) is 0 Å². The van der Waals surface area contributed by atoms with Crippen LogP contribution in [0, 0.1) is 5.92 Å². The number of hydrogen-bond donors (Lipinski definition) is 3. The number of allylic oxidation sites excluding steroid dienone is 1. The Morgan fingerprint density at radius 2 is 0.843 bits per heavy atom. The number of benzene rings is 3. The smallest absolute Gasteiger partial charge is 0.136 e. The molecule has 0 spiro atoms. The zero-order chi connectivity index (χ0) is 36.6. The van der Waals surface area contributed by atoms with E-state index in [2.05, 4.69) is 20.8 Å². The lowest BCUT2D eigenvalue weighted by Gasteiger charge is -2.49. The van der Waals surface area contributed by atoms with Crippen LogP contribution >= 0.6 is 0 Å². The SMILES string of the molecule is CCCC/C=C/C(O)(C(O)C(CCCCCCCC)CCCCCCCCCCC)C(O)C(c1ccccc1)(c1ccccc1)c1ccccc1. The topological polar surface area (TPSA) is 60.7 Å². The molecule has 4 atom stereocenters. The van der Waals surface area contributed by atoms with Crippen LogP contribution in [0.2, 0.25) is 0 Å². The Balaban J connectivity index is 2.04. The molecular weight excluding hydrogens is 625 g/mol. The molecule has 0 saturated carbocycles. The zero-order valence-electron chi connectivity index (χ0n) is 32.5. The lowest BCUT2D eigenvalue weighted by Crippen LogP contribution is -2.62. The third-order valence-corrected chi connectivity index (χ3v) is 11.2. The fourth-order valence-corrected chi connectivity index (χ4v) is 8.11. The molecule has 0 aliphatic carbocycles. The first-order valence-electron chi connectivity index (χ1n) is 20.9. The van der Waals surface area contributed by atoms with Gasteiger partial charge in [-0.05, 0) is 41.9 Å². The molecule has 51 heavy (non-hydrogen) atoms. The lowest BCUT2D eigenvalue weighted by molar-refractivity contribution is -0.148. The van der Waals surface area contributed by atoms with Crippen LogP contribution in [0.15, 0.2) is 103 Å². The predicted octanol–water partition coefficient (Wildman–Crippen LogP) is 12.5. The van der Waals surface area contributed by atoms with Crippen molar-refractivity contribution >= 4 is 0 Å². The van der Waals surface area contributed by atoms with Crippen LogP contribution in [0.4, 0.5) is 0 Å². The van der Waals surface area contributed by atoms with E-state index < -0.39 is 23.2 Å². The van der Waals surface area contributed by atoms with Gasteiger partial charge in [-0.15, -0.1) is 0 Å². The average molecular weight is 697 g/mol. The Morgan fingerprint density at radius 3 is 1.22 bits per heavy atom. The van der Waals surface area contributed by atoms with E-state index in [-0.39, 0.29) is 5.92 Å². The highest BCUT2D eigenvalue weighted by molar-refractivity contribution is 5.53. The van der Waals surface area contributed by atoms with E-state index in [1.165, 1.54) is 70.6 Å². The molecule has 3 heteroatoms. The molecule has 0 saturated heterocycles. The molecule has 0 bridgehead atoms. The summed E-state index contributed by atoms with van der Waals surface area (Å²) < 4.78 is 0. The van der Waals surface area contributed by atoms with Crippen LogP contribution in [-0.4, -0.2) is 33.1 Å². The van der Waals surface area contributed by atoms with E-state index in [4.69, 9.17) is 0 Å². The average Bonchev–Trinajstić information content (AvgIpc) is 3.17. The van der Waals surface area contributed by atoms with Crippen molar-refractivity contribution in [3.8, 4) is 0 Å². The Hall–Kier alpha value is -2.72. The van der Waals surface area contributed by atoms with Gasteiger partial charge in [-0.1, -0.05) is 233 Å². The molecule has 3 aromatic rings. The zero-order valence-corrected chi connectivity index (χ0v) is 32.5. The maximum Gasteiger partial charge on any atom is 0.136 e. The minimum atomic E-state index is -1.90. The lowest BCUT2D eigenvalue weighted by atomic mass is 9.60. The van der Waals surface area contributed by atoms with E-state index in [9.17, 15) is 15.3 Å². The monoisotopic (exact) mass is 697 g/mol. The first-order chi connectivity index (χ1) is 25.0. The molecule has 3 N–H and O–H groups in total. The van der Waals surface area contributed by atoms with Gasteiger partial charge in [0.2, 0.25) is 0 Å². The Bertz CT molecular complexity index is 1190. The Morgan fingerprint density at radius 1 is 0.490 bits per heavy atom. The van der Waals surface area contributed by atoms with E-state index in [1.54, 1.807) is 6.08 Å². The van der Waals surface area contributed by atoms with E-state index >= 15 is 0 Å². The highest BCUT2D eigenvalue weighted by Gasteiger charge is 2.55. The molecule has 4 unspecified atom stereocenters. The summed E-state index contributed by atoms with van der Waals surface area (Å²) in [6, 6.07) is 30.3. The van der Waals surface area contributed by atoms with Crippen LogP contribution in [-0.2, 0) is 5.41 Å². The molecule has 0 radical (unpaired) electrons. The van der Waals surface area contributed by atoms with Gasteiger partial charge in [0, 0.05) is 0 Å². The van der Waals surface area contributed by atoms with Crippen molar-refractivity contribution in [1.82, 2.24) is 0 Å². The molecule has 0 fully saturated rings. The van der Waals surface area contributed by atoms with Gasteiger partial charge in [0.1, 0.15) is 11.7 Å². The van der Waals surface area contributed by atoms with Gasteiger partial charge in [0.25, 0.3) is 0 Å². The molecule has 3 aromatic carbocycles. The summed E-state index contributed by atoms with van der Waals surface area (Å²) in [7, 11) is 0. The maximum atomic E-state index is 13.2. The summed E-state index contributed by atoms with van der Waals surface area (Å²) in [5.41, 5.74) is -0.393. The molecule has 0 amide bonds. The number of unbranched alkanes of at least 4 members (excludes halogenated alkanes) is 15. The Kier molecular flexibility index (Phi) is 20.5. The summed E-state index contributed by atoms with van der Waals surface area (Å²) in [6.07, 6.45) is 24.1. The molecule has 3 nitrogen and oxygen atoms in total. The van der Waals surface area contributed by atoms with Gasteiger partial charge in [-0.3, -0.25) is 0 Å². The number of hydrogen-bond acceptors (Lipinski definition) is 3. The van der Waals surface area contributed by atoms with Gasteiger partial charge in [-0.25, -0.2) is 0 Å². The van der Waals surface area contributed by atoms with Gasteiger partial charge in [0.05, 0.1) is 11.5 Å². The quantitative estimate of drug-likeness (QED) is 0.0402. The summed E-state index contributed by atoms with van der Waals surface area (Å²) in [5.74, 6) is -0.128. The molecule has 3 rings (SSSR count). The molecule has 0 aromatic heterocycles. The first-order valence-corrected chi connectivity index (χ1v) is 20.9. The van der Waals surface area contributed by atoms with Crippen molar-refractivity contribution in [2.24, 2.45) is 5.92 Å². The van der Waals surface area contributed by atoms with Crippen molar-refractivity contribution in [3.05, 3.63) is 120 Å². The van der Waals surface area contributed by atoms with Crippen molar-refractivity contribution in [2.75, 3.05) is 0 Å². The number of rotatable bonds is 28. The third-order valence-electron chi connectivity index (χ3n) is 11.2. The number of aliphatic hydroxyl groups is 3. The second kappa shape index (κ2) is 24.5. The molecule has 282 valence electrons. The van der Waals surface area contributed by atoms with Gasteiger partial charge in [-0.2, -0.15) is 0 Å². The summed E-state index contributed by atoms with van der Waals surface area (Å²) >= 11 is 0. The highest BCUT2D eigenvalue weighted by atomic mass is 16.4. The molecule has 0 aliphatic heterocycles. The van der Waals surface area contributed by atoms with Crippen molar-refractivity contribution in [3.63, 3.8) is 0 Å². The van der Waals surface area contributed by atoms with Crippen LogP contribution < -0.4 is 0 Å². The number of aliphatic hydroxyl groups excluding tert-OH is 2. The minimum absolute atomic E-state index is 0.128. The minimum Gasteiger partial charge on any atom is -0.389 e. The van der Waals surface area contributed by atoms with Gasteiger partial charge < -0.3 is 15.3 Å². The fraction of sp³-hybridized carbons (Fsp3) is 0.583. The van der Waals surface area contributed by atoms with Crippen molar-refractivity contribution in [1.29, 1.82) is 0 Å². The van der Waals surface area contributed by atoms with Gasteiger partial charge >= 0.3 is 0 Å². The summed E-state index contributed by atoms with van der Waals surface area (Å²) in [5, 5.41) is 39.0. The first kappa shape index (κ1) is 42.7. The van der Waals surface area contributed by atoms with Crippen molar-refractivity contribution < 1.29 is 15.3 Å². The normalized spacial score (nSPS) is 15.1. The summed E-state index contributed by atoms with van der Waals surface area (Å²) in [6.45, 7) is 6.68. The fourth-order valence-electron chi connectivity index (χ4n) is 8.11. The maximum absolute atomic E-state index is 13.2. The molecule has 0 aliphatic rings. The standard InChI is InChI=1S/C48H72O3/c1-4-7-10-13-15-16-17-19-24-33-41(32-23-18-14-11-8-5-2)45(49)47(51,40-31-12-9-6-3)46(50)48(42-34-25-20-26-35-42,43-36-27-21-28-37-43)44-38-29-22-30-39-44/h20-22,25-31,34-41,45-46,49-51H,4-19,23-24,32-33H2,1-3H3/b40-31+. The van der Waals surface area contributed by atoms with E-state index in [1.807, 2.05) is 97.1 Å². The van der Waals surface area contributed by atoms with E-state index in [0.29, 0.717) is 0 Å². The largest absolute Gasteiger partial charge is 0.389 e.